The van der Waals surface area contributed by atoms with E-state index >= 15 is 0 Å². The predicted octanol–water partition coefficient (Wildman–Crippen LogP) is 1.89. The fraction of sp³-hybridized carbons (Fsp3) is 0.440. The number of anilines is 2. The van der Waals surface area contributed by atoms with E-state index in [1.807, 2.05) is 4.90 Å². The summed E-state index contributed by atoms with van der Waals surface area (Å²) in [5, 5.41) is 14.2. The van der Waals surface area contributed by atoms with Gasteiger partial charge in [-0.05, 0) is 42.3 Å². The van der Waals surface area contributed by atoms with Gasteiger partial charge in [-0.1, -0.05) is 0 Å². The zero-order valence-corrected chi connectivity index (χ0v) is 19.8. The highest BCUT2D eigenvalue weighted by Gasteiger charge is 2.42. The van der Waals surface area contributed by atoms with Crippen molar-refractivity contribution in [1.29, 1.82) is 0 Å². The molecular weight excluding hydrogens is 469 g/mol. The van der Waals surface area contributed by atoms with E-state index in [1.165, 1.54) is 36.4 Å². The molecule has 0 radical (unpaired) electrons. The maximum atomic E-state index is 13.4. The molecule has 0 spiro atoms. The molecule has 11 heteroatoms. The number of piperazine rings is 1. The van der Waals surface area contributed by atoms with E-state index < -0.39 is 16.7 Å². The van der Waals surface area contributed by atoms with Crippen LogP contribution in [0, 0.1) is 21.8 Å². The molecule has 190 valence electrons. The van der Waals surface area contributed by atoms with Crippen molar-refractivity contribution in [2.75, 3.05) is 62.7 Å². The third kappa shape index (κ3) is 5.02. The van der Waals surface area contributed by atoms with E-state index in [9.17, 15) is 24.1 Å². The Morgan fingerprint density at radius 2 is 1.83 bits per heavy atom. The fourth-order valence-corrected chi connectivity index (χ4v) is 5.30. The second-order valence-corrected chi connectivity index (χ2v) is 9.37. The van der Waals surface area contributed by atoms with Crippen LogP contribution in [0.15, 0.2) is 42.5 Å². The number of benzene rings is 2. The second kappa shape index (κ2) is 10.2. The smallest absolute Gasteiger partial charge is 0.269 e. The number of halogens is 1. The summed E-state index contributed by atoms with van der Waals surface area (Å²) in [6.07, 6.45) is 0.330. The van der Waals surface area contributed by atoms with Gasteiger partial charge in [-0.15, -0.1) is 0 Å². The van der Waals surface area contributed by atoms with Gasteiger partial charge < -0.3 is 19.9 Å². The lowest BCUT2D eigenvalue weighted by Crippen LogP contribution is -2.61. The van der Waals surface area contributed by atoms with Crippen LogP contribution in [0.4, 0.5) is 21.5 Å². The SMILES string of the molecule is O=C(Nc1ccc(F)cc1)C1Cc2cc([N+](=O)[O-])ccc2N2CCN(CC(=O)N3CCOCC3)CC12. The summed E-state index contributed by atoms with van der Waals surface area (Å²) >= 11 is 0. The highest BCUT2D eigenvalue weighted by molar-refractivity contribution is 5.94. The Morgan fingerprint density at radius 3 is 2.56 bits per heavy atom. The summed E-state index contributed by atoms with van der Waals surface area (Å²) in [6, 6.07) is 10.1. The predicted molar refractivity (Wildman–Crippen MR) is 130 cm³/mol. The summed E-state index contributed by atoms with van der Waals surface area (Å²) in [7, 11) is 0. The number of carbonyl (C=O) groups is 2. The van der Waals surface area contributed by atoms with Gasteiger partial charge in [0.2, 0.25) is 11.8 Å². The molecule has 3 aliphatic heterocycles. The Hall–Kier alpha value is -3.57. The molecule has 2 amide bonds. The van der Waals surface area contributed by atoms with Crippen molar-refractivity contribution in [3.05, 3.63) is 64.0 Å². The number of amides is 2. The van der Waals surface area contributed by atoms with Crippen LogP contribution in [0.1, 0.15) is 5.56 Å². The summed E-state index contributed by atoms with van der Waals surface area (Å²) < 4.78 is 18.7. The maximum absolute atomic E-state index is 13.4. The second-order valence-electron chi connectivity index (χ2n) is 9.37. The fourth-order valence-electron chi connectivity index (χ4n) is 5.30. The number of carbonyl (C=O) groups excluding carboxylic acids is 2. The van der Waals surface area contributed by atoms with E-state index in [0.717, 1.165) is 11.3 Å². The van der Waals surface area contributed by atoms with Crippen LogP contribution in [0.5, 0.6) is 0 Å². The first kappa shape index (κ1) is 24.1. The number of hydrogen-bond donors (Lipinski definition) is 1. The highest BCUT2D eigenvalue weighted by atomic mass is 19.1. The molecule has 0 aromatic heterocycles. The van der Waals surface area contributed by atoms with Crippen LogP contribution in [0.2, 0.25) is 0 Å². The molecule has 5 rings (SSSR count). The van der Waals surface area contributed by atoms with Gasteiger partial charge in [-0.3, -0.25) is 24.6 Å². The standard InChI is InChI=1S/C25H28FN5O5/c26-18-1-3-19(4-2-18)27-25(33)21-14-17-13-20(31(34)35)5-6-22(17)30-8-7-28(15-23(21)30)16-24(32)29-9-11-36-12-10-29/h1-6,13,21,23H,7-12,14-16H2,(H,27,33). The average molecular weight is 498 g/mol. The van der Waals surface area contributed by atoms with Crippen molar-refractivity contribution < 1.29 is 23.6 Å². The lowest BCUT2D eigenvalue weighted by atomic mass is 9.83. The summed E-state index contributed by atoms with van der Waals surface area (Å²) in [4.78, 5) is 43.2. The van der Waals surface area contributed by atoms with Gasteiger partial charge in [0.25, 0.3) is 5.69 Å². The van der Waals surface area contributed by atoms with Crippen LogP contribution in [0.3, 0.4) is 0 Å². The Balaban J connectivity index is 1.38. The minimum Gasteiger partial charge on any atom is -0.378 e. The third-order valence-electron chi connectivity index (χ3n) is 7.16. The maximum Gasteiger partial charge on any atom is 0.269 e. The first-order valence-electron chi connectivity index (χ1n) is 12.1. The Labute approximate surface area is 207 Å². The van der Waals surface area contributed by atoms with Crippen LogP contribution in [-0.2, 0) is 20.7 Å². The molecule has 2 aromatic carbocycles. The molecule has 2 aromatic rings. The van der Waals surface area contributed by atoms with Gasteiger partial charge in [0.05, 0.1) is 36.6 Å². The van der Waals surface area contributed by atoms with Crippen LogP contribution in [0.25, 0.3) is 0 Å². The van der Waals surface area contributed by atoms with Gasteiger partial charge in [0, 0.05) is 56.2 Å². The number of nitro groups is 1. The first-order valence-corrected chi connectivity index (χ1v) is 12.1. The highest BCUT2D eigenvalue weighted by Crippen LogP contribution is 2.38. The van der Waals surface area contributed by atoms with E-state index in [1.54, 1.807) is 6.07 Å². The van der Waals surface area contributed by atoms with Gasteiger partial charge >= 0.3 is 0 Å². The van der Waals surface area contributed by atoms with Crippen LogP contribution < -0.4 is 10.2 Å². The normalized spacial score (nSPS) is 21.9. The van der Waals surface area contributed by atoms with Crippen molar-refractivity contribution in [2.45, 2.75) is 12.5 Å². The molecule has 36 heavy (non-hydrogen) atoms. The number of rotatable bonds is 5. The molecule has 2 atom stereocenters. The Kier molecular flexibility index (Phi) is 6.84. The molecule has 2 fully saturated rings. The molecule has 10 nitrogen and oxygen atoms in total. The van der Waals surface area contributed by atoms with Crippen molar-refractivity contribution in [2.24, 2.45) is 5.92 Å². The number of non-ortho nitro benzene ring substituents is 1. The number of ether oxygens (including phenoxy) is 1. The van der Waals surface area contributed by atoms with Gasteiger partial charge in [-0.2, -0.15) is 0 Å². The quantitative estimate of drug-likeness (QED) is 0.497. The minimum absolute atomic E-state index is 0.0142. The van der Waals surface area contributed by atoms with E-state index in [2.05, 4.69) is 15.1 Å². The van der Waals surface area contributed by atoms with Crippen molar-refractivity contribution in [3.63, 3.8) is 0 Å². The lowest BCUT2D eigenvalue weighted by Gasteiger charge is -2.49. The van der Waals surface area contributed by atoms with Crippen LogP contribution in [-0.4, -0.2) is 85.1 Å². The molecule has 0 bridgehead atoms. The van der Waals surface area contributed by atoms with E-state index in [0.29, 0.717) is 58.0 Å². The lowest BCUT2D eigenvalue weighted by molar-refractivity contribution is -0.384. The summed E-state index contributed by atoms with van der Waals surface area (Å²) in [6.45, 7) is 4.24. The molecule has 0 aliphatic carbocycles. The van der Waals surface area contributed by atoms with E-state index in [-0.39, 0.29) is 30.1 Å². The number of morpholine rings is 1. The topological polar surface area (TPSA) is 108 Å². The molecule has 0 saturated carbocycles. The third-order valence-corrected chi connectivity index (χ3v) is 7.16. The van der Waals surface area contributed by atoms with Crippen molar-refractivity contribution in [3.8, 4) is 0 Å². The van der Waals surface area contributed by atoms with Crippen molar-refractivity contribution in [1.82, 2.24) is 9.80 Å². The first-order chi connectivity index (χ1) is 17.4. The molecule has 3 aliphatic rings. The van der Waals surface area contributed by atoms with E-state index in [4.69, 9.17) is 4.74 Å². The Bertz CT molecular complexity index is 1150. The summed E-state index contributed by atoms with van der Waals surface area (Å²) in [5.74, 6) is -1.10. The molecule has 2 unspecified atom stereocenters. The molecule has 2 saturated heterocycles. The number of nitrogens with zero attached hydrogens (tertiary/aromatic N) is 4. The van der Waals surface area contributed by atoms with Crippen LogP contribution >= 0.6 is 0 Å². The Morgan fingerprint density at radius 1 is 1.08 bits per heavy atom. The molecule has 1 N–H and O–H groups in total. The zero-order chi connectivity index (χ0) is 25.2. The van der Waals surface area contributed by atoms with Crippen molar-refractivity contribution >= 4 is 28.9 Å². The number of hydrogen-bond acceptors (Lipinski definition) is 7. The average Bonchev–Trinajstić information content (AvgIpc) is 2.89. The monoisotopic (exact) mass is 497 g/mol. The zero-order valence-electron chi connectivity index (χ0n) is 19.8. The number of nitro benzene ring substituents is 1. The summed E-state index contributed by atoms with van der Waals surface area (Å²) in [5.41, 5.74) is 2.10. The van der Waals surface area contributed by atoms with Gasteiger partial charge in [-0.25, -0.2) is 4.39 Å². The number of nitrogens with one attached hydrogen (secondary N) is 1. The largest absolute Gasteiger partial charge is 0.378 e. The van der Waals surface area contributed by atoms with Gasteiger partial charge in [0.1, 0.15) is 5.82 Å². The minimum atomic E-state index is -0.508. The molecular formula is C25H28FN5O5. The molecule has 3 heterocycles. The van der Waals surface area contributed by atoms with Gasteiger partial charge in [0.15, 0.2) is 0 Å². The number of fused-ring (bicyclic) bond motifs is 3.